The molecule has 2 aromatic rings. The summed E-state index contributed by atoms with van der Waals surface area (Å²) < 4.78 is 39.2. The highest BCUT2D eigenvalue weighted by Crippen LogP contribution is 2.49. The fraction of sp³-hybridized carbons (Fsp3) is 0.250. The zero-order valence-corrected chi connectivity index (χ0v) is 15.7. The third kappa shape index (κ3) is 4.59. The minimum Gasteiger partial charge on any atom is -0.346 e. The molecule has 2 amide bonds. The van der Waals surface area contributed by atoms with Crippen LogP contribution in [0.4, 0.5) is 13.2 Å². The zero-order valence-electron chi connectivity index (χ0n) is 15.0. The van der Waals surface area contributed by atoms with Crippen LogP contribution >= 0.6 is 11.6 Å². The third-order valence-corrected chi connectivity index (χ3v) is 5.06. The van der Waals surface area contributed by atoms with E-state index < -0.39 is 29.1 Å². The van der Waals surface area contributed by atoms with Gasteiger partial charge in [-0.15, -0.1) is 0 Å². The second-order valence-corrected chi connectivity index (χ2v) is 7.13. The monoisotopic (exact) mass is 424 g/mol. The Labute approximate surface area is 169 Å². The third-order valence-electron chi connectivity index (χ3n) is 4.73. The molecule has 3 rings (SSSR count). The number of hydrogen-bond acceptors (Lipinski definition) is 3. The average Bonchev–Trinajstić information content (AvgIpc) is 3.45. The van der Waals surface area contributed by atoms with E-state index in [0.717, 1.165) is 12.1 Å². The molecule has 2 N–H and O–H groups in total. The Hall–Kier alpha value is -2.87. The first-order chi connectivity index (χ1) is 13.7. The maximum absolute atomic E-state index is 13.1. The van der Waals surface area contributed by atoms with E-state index in [9.17, 15) is 27.6 Å². The van der Waals surface area contributed by atoms with E-state index in [2.05, 4.69) is 10.6 Å². The predicted molar refractivity (Wildman–Crippen MR) is 99.2 cm³/mol. The van der Waals surface area contributed by atoms with Gasteiger partial charge in [0.2, 0.25) is 6.29 Å². The van der Waals surface area contributed by atoms with Crippen molar-refractivity contribution in [3.8, 4) is 0 Å². The number of carbonyl (C=O) groups excluding carboxylic acids is 3. The van der Waals surface area contributed by atoms with E-state index in [1.165, 1.54) is 12.1 Å². The van der Waals surface area contributed by atoms with Crippen LogP contribution in [-0.4, -0.2) is 18.1 Å². The maximum Gasteiger partial charge on any atom is 0.416 e. The summed E-state index contributed by atoms with van der Waals surface area (Å²) in [4.78, 5) is 34.4. The van der Waals surface area contributed by atoms with Crippen LogP contribution in [0.3, 0.4) is 0 Å². The lowest BCUT2D eigenvalue weighted by Crippen LogP contribution is -2.36. The Morgan fingerprint density at radius 1 is 1.14 bits per heavy atom. The minimum atomic E-state index is -4.52. The number of halogens is 4. The van der Waals surface area contributed by atoms with Gasteiger partial charge in [-0.3, -0.25) is 14.4 Å². The lowest BCUT2D eigenvalue weighted by molar-refractivity contribution is -0.137. The highest BCUT2D eigenvalue weighted by atomic mass is 35.5. The van der Waals surface area contributed by atoms with Crippen LogP contribution in [0.15, 0.2) is 42.5 Å². The molecular formula is C20H16ClF3N2O3. The van der Waals surface area contributed by atoms with Crippen LogP contribution in [0.1, 0.15) is 39.9 Å². The van der Waals surface area contributed by atoms with Crippen molar-refractivity contribution < 1.29 is 27.6 Å². The molecule has 0 aromatic heterocycles. The van der Waals surface area contributed by atoms with Crippen molar-refractivity contribution >= 4 is 29.7 Å². The van der Waals surface area contributed by atoms with Gasteiger partial charge in [0.1, 0.15) is 0 Å². The summed E-state index contributed by atoms with van der Waals surface area (Å²) in [5, 5.41) is 5.28. The van der Waals surface area contributed by atoms with Crippen molar-refractivity contribution in [1.82, 2.24) is 10.6 Å². The quantitative estimate of drug-likeness (QED) is 0.549. The SMILES string of the molecule is O=CC(=O)NCc1ccccc1C(=O)NC1(c2cc(C(F)(F)F)ccc2Cl)CC1. The van der Waals surface area contributed by atoms with Gasteiger partial charge in [-0.1, -0.05) is 29.8 Å². The van der Waals surface area contributed by atoms with Crippen LogP contribution in [0.25, 0.3) is 0 Å². The largest absolute Gasteiger partial charge is 0.416 e. The molecule has 5 nitrogen and oxygen atoms in total. The van der Waals surface area contributed by atoms with Gasteiger partial charge in [0.05, 0.1) is 11.1 Å². The summed E-state index contributed by atoms with van der Waals surface area (Å²) in [6, 6.07) is 9.46. The molecule has 152 valence electrons. The Morgan fingerprint density at radius 2 is 1.83 bits per heavy atom. The van der Waals surface area contributed by atoms with Crippen molar-refractivity contribution in [3.05, 3.63) is 69.7 Å². The second kappa shape index (κ2) is 7.87. The standard InChI is InChI=1S/C20H16ClF3N2O3/c21-16-6-5-13(20(22,23)24)9-15(16)19(7-8-19)26-18(29)14-4-2-1-3-12(14)10-25-17(28)11-27/h1-6,9,11H,7-8,10H2,(H,25,28)(H,26,29). The number of aldehydes is 1. The molecule has 0 bridgehead atoms. The molecule has 9 heteroatoms. The second-order valence-electron chi connectivity index (χ2n) is 6.72. The Kier molecular flexibility index (Phi) is 5.66. The number of amides is 2. The molecule has 0 atom stereocenters. The molecule has 1 aliphatic carbocycles. The fourth-order valence-electron chi connectivity index (χ4n) is 3.06. The summed E-state index contributed by atoms with van der Waals surface area (Å²) in [5.41, 5.74) is -0.892. The molecule has 1 saturated carbocycles. The molecule has 0 heterocycles. The average molecular weight is 425 g/mol. The van der Waals surface area contributed by atoms with Gasteiger partial charge in [0.15, 0.2) is 0 Å². The smallest absolute Gasteiger partial charge is 0.346 e. The number of alkyl halides is 3. The van der Waals surface area contributed by atoms with E-state index in [1.807, 2.05) is 0 Å². The van der Waals surface area contributed by atoms with Gasteiger partial charge in [0, 0.05) is 17.1 Å². The number of rotatable bonds is 6. The zero-order chi connectivity index (χ0) is 21.2. The molecule has 1 fully saturated rings. The molecule has 1 aliphatic rings. The Morgan fingerprint density at radius 3 is 2.45 bits per heavy atom. The summed E-state index contributed by atoms with van der Waals surface area (Å²) >= 11 is 6.13. The Bertz CT molecular complexity index is 972. The summed E-state index contributed by atoms with van der Waals surface area (Å²) in [5.74, 6) is -1.33. The molecule has 0 unspecified atom stereocenters. The first kappa shape index (κ1) is 20.9. The van der Waals surface area contributed by atoms with Crippen molar-refractivity contribution in [2.75, 3.05) is 0 Å². The van der Waals surface area contributed by atoms with E-state index in [4.69, 9.17) is 11.6 Å². The lowest BCUT2D eigenvalue weighted by atomic mass is 10.00. The molecular weight excluding hydrogens is 409 g/mol. The number of benzene rings is 2. The minimum absolute atomic E-state index is 0.0432. The van der Waals surface area contributed by atoms with Gasteiger partial charge >= 0.3 is 6.18 Å². The van der Waals surface area contributed by atoms with E-state index in [0.29, 0.717) is 18.4 Å². The van der Waals surface area contributed by atoms with Gasteiger partial charge in [-0.05, 0) is 48.2 Å². The topological polar surface area (TPSA) is 75.3 Å². The van der Waals surface area contributed by atoms with Gasteiger partial charge in [-0.2, -0.15) is 13.2 Å². The highest BCUT2D eigenvalue weighted by molar-refractivity contribution is 6.31. The summed E-state index contributed by atoms with van der Waals surface area (Å²) in [6.45, 7) is -0.0432. The fourth-order valence-corrected chi connectivity index (χ4v) is 3.36. The molecule has 2 aromatic carbocycles. The van der Waals surface area contributed by atoms with Crippen LogP contribution < -0.4 is 10.6 Å². The number of nitrogens with one attached hydrogen (secondary N) is 2. The van der Waals surface area contributed by atoms with Crippen molar-refractivity contribution in [1.29, 1.82) is 0 Å². The molecule has 0 radical (unpaired) electrons. The van der Waals surface area contributed by atoms with Crippen molar-refractivity contribution in [2.24, 2.45) is 0 Å². The first-order valence-corrected chi connectivity index (χ1v) is 9.05. The molecule has 29 heavy (non-hydrogen) atoms. The summed E-state index contributed by atoms with van der Waals surface area (Å²) in [7, 11) is 0. The molecule has 0 aliphatic heterocycles. The first-order valence-electron chi connectivity index (χ1n) is 8.67. The van der Waals surface area contributed by atoms with Gasteiger partial charge in [-0.25, -0.2) is 0 Å². The lowest BCUT2D eigenvalue weighted by Gasteiger charge is -2.21. The Balaban J connectivity index is 1.85. The van der Waals surface area contributed by atoms with E-state index in [-0.39, 0.29) is 29.0 Å². The van der Waals surface area contributed by atoms with Crippen LogP contribution in [0, 0.1) is 0 Å². The van der Waals surface area contributed by atoms with E-state index in [1.54, 1.807) is 18.2 Å². The normalized spacial score (nSPS) is 14.8. The van der Waals surface area contributed by atoms with Crippen molar-refractivity contribution in [2.45, 2.75) is 31.1 Å². The molecule has 0 saturated heterocycles. The van der Waals surface area contributed by atoms with E-state index >= 15 is 0 Å². The van der Waals surface area contributed by atoms with Crippen LogP contribution in [-0.2, 0) is 27.8 Å². The maximum atomic E-state index is 13.1. The van der Waals surface area contributed by atoms with Crippen LogP contribution in [0.5, 0.6) is 0 Å². The number of carbonyl (C=O) groups is 3. The number of hydrogen-bond donors (Lipinski definition) is 2. The highest BCUT2D eigenvalue weighted by Gasteiger charge is 2.48. The van der Waals surface area contributed by atoms with Crippen LogP contribution in [0.2, 0.25) is 5.02 Å². The van der Waals surface area contributed by atoms with Gasteiger partial charge in [0.25, 0.3) is 11.8 Å². The predicted octanol–water partition coefficient (Wildman–Crippen LogP) is 3.59. The van der Waals surface area contributed by atoms with Gasteiger partial charge < -0.3 is 10.6 Å². The van der Waals surface area contributed by atoms with Crippen molar-refractivity contribution in [3.63, 3.8) is 0 Å². The molecule has 0 spiro atoms. The summed E-state index contributed by atoms with van der Waals surface area (Å²) in [6.07, 6.45) is -3.51.